The van der Waals surface area contributed by atoms with E-state index in [2.05, 4.69) is 30.2 Å². The zero-order chi connectivity index (χ0) is 24.5. The van der Waals surface area contributed by atoms with Gasteiger partial charge in [0.25, 0.3) is 5.91 Å². The Hall–Kier alpha value is -2.28. The first-order valence-corrected chi connectivity index (χ1v) is 13.8. The Bertz CT molecular complexity index is 1190. The number of hydrogen-bond acceptors (Lipinski definition) is 4. The number of carbonyl (C=O) groups excluding carboxylic acids is 2. The number of nitrogens with one attached hydrogen (secondary N) is 1. The Morgan fingerprint density at radius 3 is 2.77 bits per heavy atom. The first-order chi connectivity index (χ1) is 16.7. The quantitative estimate of drug-likeness (QED) is 0.615. The molecule has 2 aromatic rings. The van der Waals surface area contributed by atoms with Crippen LogP contribution in [0.3, 0.4) is 0 Å². The lowest BCUT2D eigenvalue weighted by Crippen LogP contribution is -2.60. The van der Waals surface area contributed by atoms with Gasteiger partial charge >= 0.3 is 0 Å². The molecule has 35 heavy (non-hydrogen) atoms. The minimum Gasteiger partial charge on any atom is -0.349 e. The summed E-state index contributed by atoms with van der Waals surface area (Å²) in [7, 11) is 1.76. The fourth-order valence-corrected chi connectivity index (χ4v) is 9.45. The highest BCUT2D eigenvalue weighted by Crippen LogP contribution is 2.65. The van der Waals surface area contributed by atoms with E-state index in [-0.39, 0.29) is 28.7 Å². The molecule has 6 rings (SSSR count). The summed E-state index contributed by atoms with van der Waals surface area (Å²) < 4.78 is 15.8. The predicted molar refractivity (Wildman–Crippen MR) is 135 cm³/mol. The highest BCUT2D eigenvalue weighted by molar-refractivity contribution is 7.18. The van der Waals surface area contributed by atoms with Gasteiger partial charge in [-0.05, 0) is 79.9 Å². The van der Waals surface area contributed by atoms with E-state index in [1.165, 1.54) is 0 Å². The molecule has 0 saturated heterocycles. The molecule has 0 bridgehead atoms. The standard InChI is InChI=1S/C28H34FN3O2S/c1-27-13-12-18-16(8-11-23-28(18,2)14-20(29)26(34)32(23)3)17(27)9-10-19(27)25(33)30-15-24-31-21-6-4-5-7-22(21)35-24/h4-7,14,16-19,23H,8-13,15H2,1-3H3,(H,30,33)/t16-,17-,18+,19?,23?,27-,28+/m0/s1. The van der Waals surface area contributed by atoms with Crippen LogP contribution in [0.15, 0.2) is 36.2 Å². The van der Waals surface area contributed by atoms with Gasteiger partial charge in [0.15, 0.2) is 5.83 Å². The predicted octanol–water partition coefficient (Wildman–Crippen LogP) is 5.47. The summed E-state index contributed by atoms with van der Waals surface area (Å²) in [5, 5.41) is 4.15. The third-order valence-corrected chi connectivity index (χ3v) is 11.3. The van der Waals surface area contributed by atoms with Crippen LogP contribution < -0.4 is 5.32 Å². The van der Waals surface area contributed by atoms with Crippen molar-refractivity contribution in [3.8, 4) is 0 Å². The normalized spacial score (nSPS) is 38.5. The number of para-hydroxylation sites is 1. The molecule has 5 nitrogen and oxygen atoms in total. The van der Waals surface area contributed by atoms with Gasteiger partial charge in [-0.2, -0.15) is 0 Å². The summed E-state index contributed by atoms with van der Waals surface area (Å²) >= 11 is 1.64. The van der Waals surface area contributed by atoms with Crippen molar-refractivity contribution in [3.63, 3.8) is 0 Å². The summed E-state index contributed by atoms with van der Waals surface area (Å²) in [4.78, 5) is 32.0. The van der Waals surface area contributed by atoms with Crippen LogP contribution in [0.25, 0.3) is 10.2 Å². The summed E-state index contributed by atoms with van der Waals surface area (Å²) in [6, 6.07) is 8.14. The van der Waals surface area contributed by atoms with Gasteiger partial charge in [-0.15, -0.1) is 11.3 Å². The molecule has 2 amide bonds. The van der Waals surface area contributed by atoms with E-state index < -0.39 is 11.7 Å². The minimum absolute atomic E-state index is 0.0104. The van der Waals surface area contributed by atoms with E-state index in [9.17, 15) is 14.0 Å². The van der Waals surface area contributed by atoms with Crippen molar-refractivity contribution < 1.29 is 14.0 Å². The van der Waals surface area contributed by atoms with Crippen molar-refractivity contribution in [3.05, 3.63) is 41.2 Å². The zero-order valence-electron chi connectivity index (χ0n) is 20.7. The Balaban J connectivity index is 1.19. The molecule has 1 aromatic carbocycles. The number of hydrogen-bond donors (Lipinski definition) is 1. The van der Waals surface area contributed by atoms with Gasteiger partial charge in [0.2, 0.25) is 5.91 Å². The number of thiazole rings is 1. The average molecular weight is 496 g/mol. The Morgan fingerprint density at radius 2 is 1.97 bits per heavy atom. The molecule has 1 aromatic heterocycles. The summed E-state index contributed by atoms with van der Waals surface area (Å²) in [5.41, 5.74) is 0.628. The Kier molecular flexibility index (Phi) is 5.37. The number of aromatic nitrogens is 1. The molecule has 1 N–H and O–H groups in total. The molecule has 2 unspecified atom stereocenters. The van der Waals surface area contributed by atoms with Crippen LogP contribution in [-0.2, 0) is 16.1 Å². The fraction of sp³-hybridized carbons (Fsp3) is 0.607. The van der Waals surface area contributed by atoms with Gasteiger partial charge in [-0.3, -0.25) is 9.59 Å². The van der Waals surface area contributed by atoms with Crippen molar-refractivity contribution in [2.75, 3.05) is 7.05 Å². The van der Waals surface area contributed by atoms with Gasteiger partial charge in [0, 0.05) is 24.4 Å². The second kappa shape index (κ2) is 8.12. The number of halogens is 1. The first-order valence-electron chi connectivity index (χ1n) is 13.0. The van der Waals surface area contributed by atoms with Crippen LogP contribution >= 0.6 is 11.3 Å². The van der Waals surface area contributed by atoms with Crippen LogP contribution in [-0.4, -0.2) is 34.8 Å². The van der Waals surface area contributed by atoms with Crippen LogP contribution in [0.1, 0.15) is 57.4 Å². The molecule has 1 aliphatic heterocycles. The summed E-state index contributed by atoms with van der Waals surface area (Å²) in [6.07, 6.45) is 7.54. The molecule has 186 valence electrons. The largest absolute Gasteiger partial charge is 0.349 e. The lowest BCUT2D eigenvalue weighted by Gasteiger charge is -2.60. The molecule has 0 radical (unpaired) electrons. The second-order valence-corrected chi connectivity index (χ2v) is 12.8. The maximum Gasteiger partial charge on any atom is 0.282 e. The molecule has 7 heteroatoms. The monoisotopic (exact) mass is 495 g/mol. The number of benzene rings is 1. The van der Waals surface area contributed by atoms with Gasteiger partial charge in [0.1, 0.15) is 5.01 Å². The van der Waals surface area contributed by atoms with Crippen LogP contribution in [0.2, 0.25) is 0 Å². The fourth-order valence-electron chi connectivity index (χ4n) is 8.54. The molecule has 2 heterocycles. The maximum absolute atomic E-state index is 14.6. The van der Waals surface area contributed by atoms with Crippen molar-refractivity contribution in [2.24, 2.45) is 34.5 Å². The van der Waals surface area contributed by atoms with E-state index in [0.717, 1.165) is 53.7 Å². The van der Waals surface area contributed by atoms with E-state index in [4.69, 9.17) is 0 Å². The minimum atomic E-state index is -0.598. The van der Waals surface area contributed by atoms with Gasteiger partial charge in [-0.1, -0.05) is 26.0 Å². The SMILES string of the molecule is CN1C(=O)C(F)=C[C@@]2(C)C1CC[C@@H]1[C@H]2CC[C@]2(C)C(C(=O)NCc3nc4ccccc4s3)CC[C@@H]12. The van der Waals surface area contributed by atoms with Crippen molar-refractivity contribution in [2.45, 2.75) is 65.0 Å². The van der Waals surface area contributed by atoms with E-state index in [1.54, 1.807) is 29.4 Å². The molecule has 3 aliphatic carbocycles. The third-order valence-electron chi connectivity index (χ3n) is 10.2. The molecular formula is C28H34FN3O2S. The topological polar surface area (TPSA) is 62.3 Å². The molecule has 3 fully saturated rings. The number of fused-ring (bicyclic) bond motifs is 6. The highest BCUT2D eigenvalue weighted by Gasteiger charge is 2.62. The summed E-state index contributed by atoms with van der Waals surface area (Å²) in [5.74, 6) is 0.387. The smallest absolute Gasteiger partial charge is 0.282 e. The van der Waals surface area contributed by atoms with Crippen LogP contribution in [0.4, 0.5) is 4.39 Å². The Morgan fingerprint density at radius 1 is 1.17 bits per heavy atom. The van der Waals surface area contributed by atoms with E-state index >= 15 is 0 Å². The molecule has 0 spiro atoms. The van der Waals surface area contributed by atoms with Crippen molar-refractivity contribution in [1.82, 2.24) is 15.2 Å². The molecule has 4 aliphatic rings. The number of likely N-dealkylation sites (N-methyl/N-ethyl adjacent to an activating group) is 1. The lowest BCUT2D eigenvalue weighted by atomic mass is 9.47. The van der Waals surface area contributed by atoms with Gasteiger partial charge < -0.3 is 10.2 Å². The third kappa shape index (κ3) is 3.40. The number of amides is 2. The van der Waals surface area contributed by atoms with E-state index in [0.29, 0.717) is 24.3 Å². The van der Waals surface area contributed by atoms with E-state index in [1.807, 2.05) is 18.2 Å². The highest BCUT2D eigenvalue weighted by atomic mass is 32.1. The molecule has 3 saturated carbocycles. The van der Waals surface area contributed by atoms with Gasteiger partial charge in [-0.25, -0.2) is 9.37 Å². The summed E-state index contributed by atoms with van der Waals surface area (Å²) in [6.45, 7) is 4.96. The molecule has 7 atom stereocenters. The number of rotatable bonds is 3. The molecular weight excluding hydrogens is 461 g/mol. The number of nitrogens with zero attached hydrogens (tertiary/aromatic N) is 2. The van der Waals surface area contributed by atoms with Crippen LogP contribution in [0, 0.1) is 34.5 Å². The van der Waals surface area contributed by atoms with Crippen molar-refractivity contribution in [1.29, 1.82) is 0 Å². The second-order valence-electron chi connectivity index (χ2n) is 11.7. The van der Waals surface area contributed by atoms with Crippen LogP contribution in [0.5, 0.6) is 0 Å². The first kappa shape index (κ1) is 23.1. The lowest BCUT2D eigenvalue weighted by molar-refractivity contribution is -0.145. The maximum atomic E-state index is 14.6. The average Bonchev–Trinajstić information content (AvgIpc) is 3.41. The zero-order valence-corrected chi connectivity index (χ0v) is 21.5. The Labute approximate surface area is 210 Å². The van der Waals surface area contributed by atoms with Crippen molar-refractivity contribution >= 4 is 33.4 Å². The van der Waals surface area contributed by atoms with Gasteiger partial charge in [0.05, 0.1) is 16.8 Å². The number of carbonyl (C=O) groups is 2.